The minimum Gasteiger partial charge on any atom is -0.478 e. The lowest BCUT2D eigenvalue weighted by atomic mass is 10.1. The Bertz CT molecular complexity index is 374. The number of hydrogen-bond acceptors (Lipinski definition) is 1. The van der Waals surface area contributed by atoms with Crippen LogP contribution >= 0.6 is 27.5 Å². The van der Waals surface area contributed by atoms with Gasteiger partial charge in [-0.3, -0.25) is 0 Å². The predicted molar refractivity (Wildman–Crippen MR) is 60.8 cm³/mol. The normalized spacial score (nSPS) is 10.7. The van der Waals surface area contributed by atoms with Gasteiger partial charge in [0.25, 0.3) is 0 Å². The molecule has 0 spiro atoms. The van der Waals surface area contributed by atoms with Crippen molar-refractivity contribution >= 4 is 39.6 Å². The van der Waals surface area contributed by atoms with Crippen LogP contribution in [0.4, 0.5) is 0 Å². The molecule has 4 heteroatoms. The van der Waals surface area contributed by atoms with E-state index >= 15 is 0 Å². The van der Waals surface area contributed by atoms with Crippen molar-refractivity contribution in [3.05, 3.63) is 40.4 Å². The molecule has 0 radical (unpaired) electrons. The third-order valence-electron chi connectivity index (χ3n) is 1.66. The summed E-state index contributed by atoms with van der Waals surface area (Å²) in [5, 5.41) is 9.74. The minimum atomic E-state index is -0.967. The summed E-state index contributed by atoms with van der Waals surface area (Å²) in [7, 11) is 0. The van der Waals surface area contributed by atoms with E-state index in [2.05, 4.69) is 15.9 Å². The first-order chi connectivity index (χ1) is 6.63. The Labute approximate surface area is 95.3 Å². The van der Waals surface area contributed by atoms with Crippen molar-refractivity contribution in [3.63, 3.8) is 0 Å². The molecular weight excluding hydrogens is 267 g/mol. The van der Waals surface area contributed by atoms with E-state index in [0.29, 0.717) is 10.4 Å². The van der Waals surface area contributed by atoms with Crippen molar-refractivity contribution in [2.75, 3.05) is 0 Å². The van der Waals surface area contributed by atoms with E-state index in [1.807, 2.05) is 6.07 Å². The molecule has 1 aromatic carbocycles. The Morgan fingerprint density at radius 3 is 2.86 bits per heavy atom. The van der Waals surface area contributed by atoms with Crippen LogP contribution in [0.2, 0.25) is 5.02 Å². The molecule has 0 bridgehead atoms. The Balaban J connectivity index is 3.04. The van der Waals surface area contributed by atoms with Crippen LogP contribution in [0.5, 0.6) is 0 Å². The van der Waals surface area contributed by atoms with Crippen LogP contribution in [0, 0.1) is 0 Å². The number of hydrogen-bond donors (Lipinski definition) is 1. The number of benzene rings is 1. The fourth-order valence-corrected chi connectivity index (χ4v) is 1.69. The van der Waals surface area contributed by atoms with Gasteiger partial charge in [0.15, 0.2) is 0 Å². The number of alkyl halides is 1. The van der Waals surface area contributed by atoms with E-state index in [9.17, 15) is 4.79 Å². The van der Waals surface area contributed by atoms with Crippen LogP contribution in [0.15, 0.2) is 24.3 Å². The van der Waals surface area contributed by atoms with E-state index in [0.717, 1.165) is 17.2 Å². The topological polar surface area (TPSA) is 37.3 Å². The first-order valence-corrected chi connectivity index (χ1v) is 5.39. The van der Waals surface area contributed by atoms with Crippen molar-refractivity contribution < 1.29 is 9.90 Å². The van der Waals surface area contributed by atoms with Crippen molar-refractivity contribution in [2.24, 2.45) is 0 Å². The van der Waals surface area contributed by atoms with Crippen LogP contribution in [-0.2, 0) is 10.1 Å². The molecule has 0 amide bonds. The van der Waals surface area contributed by atoms with Crippen LogP contribution in [0.3, 0.4) is 0 Å². The summed E-state index contributed by atoms with van der Waals surface area (Å²) in [6, 6.07) is 5.37. The minimum absolute atomic E-state index is 0.597. The summed E-state index contributed by atoms with van der Waals surface area (Å²) in [5.41, 5.74) is 1.82. The van der Waals surface area contributed by atoms with Gasteiger partial charge < -0.3 is 5.11 Å². The largest absolute Gasteiger partial charge is 0.478 e. The molecule has 0 heterocycles. The van der Waals surface area contributed by atoms with Gasteiger partial charge in [0, 0.05) is 16.4 Å². The Morgan fingerprint density at radius 1 is 1.57 bits per heavy atom. The summed E-state index contributed by atoms with van der Waals surface area (Å²) >= 11 is 9.11. The van der Waals surface area contributed by atoms with Crippen LogP contribution in [-0.4, -0.2) is 11.1 Å². The Kier molecular flexibility index (Phi) is 4.17. The molecule has 1 aromatic rings. The van der Waals surface area contributed by atoms with Gasteiger partial charge in [0.1, 0.15) is 0 Å². The lowest BCUT2D eigenvalue weighted by Gasteiger charge is -2.02. The summed E-state index contributed by atoms with van der Waals surface area (Å²) in [6.45, 7) is 0. The highest BCUT2D eigenvalue weighted by Crippen LogP contribution is 2.19. The lowest BCUT2D eigenvalue weighted by Crippen LogP contribution is -1.88. The Hall–Kier alpha value is -0.800. The molecule has 0 unspecified atom stereocenters. The van der Waals surface area contributed by atoms with E-state index in [-0.39, 0.29) is 0 Å². The second-order valence-corrected chi connectivity index (χ2v) is 3.65. The number of carboxylic acid groups (broad SMARTS) is 1. The second kappa shape index (κ2) is 5.17. The molecule has 0 aliphatic carbocycles. The molecule has 1 N–H and O–H groups in total. The zero-order valence-corrected chi connectivity index (χ0v) is 9.55. The Morgan fingerprint density at radius 2 is 2.29 bits per heavy atom. The number of halogens is 2. The summed E-state index contributed by atoms with van der Waals surface area (Å²) in [4.78, 5) is 10.3. The van der Waals surface area contributed by atoms with Gasteiger partial charge in [0.2, 0.25) is 0 Å². The molecule has 2 nitrogen and oxygen atoms in total. The van der Waals surface area contributed by atoms with Gasteiger partial charge >= 0.3 is 5.97 Å². The maximum atomic E-state index is 10.3. The van der Waals surface area contributed by atoms with Crippen LogP contribution in [0.1, 0.15) is 11.1 Å². The van der Waals surface area contributed by atoms with Gasteiger partial charge in [-0.05, 0) is 29.3 Å². The van der Waals surface area contributed by atoms with E-state index in [4.69, 9.17) is 16.7 Å². The highest BCUT2D eigenvalue weighted by atomic mass is 79.9. The highest BCUT2D eigenvalue weighted by Gasteiger charge is 1.99. The molecule has 0 fully saturated rings. The molecule has 0 aliphatic rings. The van der Waals surface area contributed by atoms with E-state index in [1.54, 1.807) is 12.1 Å². The molecule has 14 heavy (non-hydrogen) atoms. The fraction of sp³-hybridized carbons (Fsp3) is 0.100. The molecular formula is C10H8BrClO2. The van der Waals surface area contributed by atoms with Gasteiger partial charge in [-0.25, -0.2) is 4.79 Å². The van der Waals surface area contributed by atoms with Gasteiger partial charge in [-0.1, -0.05) is 33.6 Å². The maximum absolute atomic E-state index is 10.3. The quantitative estimate of drug-likeness (QED) is 0.678. The smallest absolute Gasteiger partial charge is 0.328 e. The van der Waals surface area contributed by atoms with Crippen LogP contribution < -0.4 is 0 Å². The summed E-state index contributed by atoms with van der Waals surface area (Å²) in [5.74, 6) is -0.967. The first kappa shape index (κ1) is 11.3. The van der Waals surface area contributed by atoms with Crippen LogP contribution in [0.25, 0.3) is 6.08 Å². The van der Waals surface area contributed by atoms with Gasteiger partial charge in [0.05, 0.1) is 0 Å². The molecule has 0 saturated heterocycles. The van der Waals surface area contributed by atoms with Crippen molar-refractivity contribution in [1.82, 2.24) is 0 Å². The lowest BCUT2D eigenvalue weighted by molar-refractivity contribution is -0.131. The zero-order chi connectivity index (χ0) is 10.6. The number of carboxylic acids is 1. The molecule has 0 atom stereocenters. The van der Waals surface area contributed by atoms with E-state index < -0.39 is 5.97 Å². The number of carbonyl (C=O) groups is 1. The zero-order valence-electron chi connectivity index (χ0n) is 7.21. The third-order valence-corrected chi connectivity index (χ3v) is 2.50. The highest BCUT2D eigenvalue weighted by molar-refractivity contribution is 9.08. The molecule has 0 aromatic heterocycles. The first-order valence-electron chi connectivity index (χ1n) is 3.89. The van der Waals surface area contributed by atoms with Gasteiger partial charge in [-0.2, -0.15) is 0 Å². The summed E-state index contributed by atoms with van der Waals surface area (Å²) in [6.07, 6.45) is 2.63. The summed E-state index contributed by atoms with van der Waals surface area (Å²) < 4.78 is 0. The average Bonchev–Trinajstić information content (AvgIpc) is 2.15. The third kappa shape index (κ3) is 3.16. The number of aliphatic carboxylic acids is 1. The monoisotopic (exact) mass is 274 g/mol. The van der Waals surface area contributed by atoms with Crippen molar-refractivity contribution in [2.45, 2.75) is 5.33 Å². The standard InChI is InChI=1S/C10H8BrClO2/c11-6-8-1-3-9(12)5-7(8)2-4-10(13)14/h1-5H,6H2,(H,13,14). The SMILES string of the molecule is O=C(O)C=Cc1cc(Cl)ccc1CBr. The maximum Gasteiger partial charge on any atom is 0.328 e. The average molecular weight is 276 g/mol. The van der Waals surface area contributed by atoms with Crippen molar-refractivity contribution in [1.29, 1.82) is 0 Å². The number of rotatable bonds is 3. The van der Waals surface area contributed by atoms with Gasteiger partial charge in [-0.15, -0.1) is 0 Å². The van der Waals surface area contributed by atoms with E-state index in [1.165, 1.54) is 6.08 Å². The fourth-order valence-electron chi connectivity index (χ4n) is 1.00. The van der Waals surface area contributed by atoms with Crippen molar-refractivity contribution in [3.8, 4) is 0 Å². The molecule has 0 saturated carbocycles. The molecule has 74 valence electrons. The molecule has 0 aliphatic heterocycles. The molecule has 1 rings (SSSR count). The predicted octanol–water partition coefficient (Wildman–Crippen LogP) is 3.33. The second-order valence-electron chi connectivity index (χ2n) is 2.65.